The third-order valence-electron chi connectivity index (χ3n) is 3.04. The van der Waals surface area contributed by atoms with E-state index < -0.39 is 10.2 Å². The number of halogens is 1. The van der Waals surface area contributed by atoms with Crippen LogP contribution in [0.3, 0.4) is 0 Å². The van der Waals surface area contributed by atoms with Gasteiger partial charge in [0.15, 0.2) is 0 Å². The van der Waals surface area contributed by atoms with Crippen molar-refractivity contribution < 1.29 is 47.3 Å². The SMILES string of the molecule is CCOC(=Cc1oc2ccc(OC)cc2[n+]1C)CC.[O-][Cl+3]([O-])([O-])[O-]. The Labute approximate surface area is 141 Å². The van der Waals surface area contributed by atoms with Crippen molar-refractivity contribution in [3.05, 3.63) is 29.8 Å². The molecule has 24 heavy (non-hydrogen) atoms. The standard InChI is InChI=1S/C15H20NO3.ClHO4/c1-5-11(18-6-2)10-15-16(3)13-9-12(17-4)7-8-14(13)19-15;2-1(3,4)5/h7-10H,5-6H2,1-4H3;(H,2,3,4,5)/q+1;/p-1. The average Bonchev–Trinajstić information content (AvgIpc) is 2.81. The minimum atomic E-state index is -4.94. The first-order chi connectivity index (χ1) is 11.2. The van der Waals surface area contributed by atoms with Crippen molar-refractivity contribution in [2.24, 2.45) is 7.05 Å². The predicted octanol–water partition coefficient (Wildman–Crippen LogP) is -1.70. The molecule has 0 bridgehead atoms. The maximum Gasteiger partial charge on any atom is 0.377 e. The Balaban J connectivity index is 0.000000505. The van der Waals surface area contributed by atoms with Crippen molar-refractivity contribution in [1.29, 1.82) is 0 Å². The summed E-state index contributed by atoms with van der Waals surface area (Å²) >= 11 is 0. The van der Waals surface area contributed by atoms with Gasteiger partial charge in [-0.05, 0) is 19.1 Å². The van der Waals surface area contributed by atoms with Crippen LogP contribution in [-0.2, 0) is 11.8 Å². The van der Waals surface area contributed by atoms with Gasteiger partial charge in [-0.1, -0.05) is 6.92 Å². The van der Waals surface area contributed by atoms with Crippen LogP contribution < -0.4 is 27.9 Å². The molecular formula is C15H20ClNO7. The predicted molar refractivity (Wildman–Crippen MR) is 73.8 cm³/mol. The van der Waals surface area contributed by atoms with Gasteiger partial charge < -0.3 is 13.9 Å². The number of hydrogen-bond donors (Lipinski definition) is 0. The molecular weight excluding hydrogens is 342 g/mol. The summed E-state index contributed by atoms with van der Waals surface area (Å²) in [6, 6.07) is 5.77. The fraction of sp³-hybridized carbons (Fsp3) is 0.400. The van der Waals surface area contributed by atoms with Crippen LogP contribution in [0.25, 0.3) is 17.2 Å². The van der Waals surface area contributed by atoms with Crippen molar-refractivity contribution in [1.82, 2.24) is 0 Å². The lowest BCUT2D eigenvalue weighted by Gasteiger charge is -2.17. The highest BCUT2D eigenvalue weighted by molar-refractivity contribution is 5.71. The highest BCUT2D eigenvalue weighted by Gasteiger charge is 2.18. The van der Waals surface area contributed by atoms with Gasteiger partial charge in [0.1, 0.15) is 18.6 Å². The molecule has 0 aliphatic heterocycles. The Hall–Kier alpha value is -1.84. The molecule has 0 spiro atoms. The monoisotopic (exact) mass is 361 g/mol. The molecule has 9 heteroatoms. The second-order valence-electron chi connectivity index (χ2n) is 4.61. The number of rotatable bonds is 5. The molecule has 0 fully saturated rings. The molecule has 134 valence electrons. The molecule has 0 saturated heterocycles. The smallest absolute Gasteiger partial charge is 0.377 e. The van der Waals surface area contributed by atoms with Crippen molar-refractivity contribution in [2.75, 3.05) is 13.7 Å². The van der Waals surface area contributed by atoms with Gasteiger partial charge >= 0.3 is 5.89 Å². The van der Waals surface area contributed by atoms with Gasteiger partial charge in [0.05, 0.1) is 25.9 Å². The zero-order valence-corrected chi connectivity index (χ0v) is 14.7. The molecule has 0 N–H and O–H groups in total. The summed E-state index contributed by atoms with van der Waals surface area (Å²) in [5, 5.41) is 0. The van der Waals surface area contributed by atoms with Gasteiger partial charge in [0.25, 0.3) is 5.52 Å². The van der Waals surface area contributed by atoms with Crippen molar-refractivity contribution in [2.45, 2.75) is 20.3 Å². The van der Waals surface area contributed by atoms with E-state index in [0.29, 0.717) is 6.61 Å². The zero-order valence-electron chi connectivity index (χ0n) is 13.9. The Bertz CT molecular complexity index is 685. The first-order valence-electron chi connectivity index (χ1n) is 7.11. The fourth-order valence-corrected chi connectivity index (χ4v) is 1.97. The van der Waals surface area contributed by atoms with Gasteiger partial charge in [0, 0.05) is 6.42 Å². The zero-order chi connectivity index (χ0) is 18.3. The highest BCUT2D eigenvalue weighted by atomic mass is 35.7. The van der Waals surface area contributed by atoms with E-state index in [-0.39, 0.29) is 0 Å². The summed E-state index contributed by atoms with van der Waals surface area (Å²) < 4.78 is 52.6. The lowest BCUT2D eigenvalue weighted by Crippen LogP contribution is -2.68. The van der Waals surface area contributed by atoms with E-state index >= 15 is 0 Å². The Morgan fingerprint density at radius 3 is 2.38 bits per heavy atom. The topological polar surface area (TPSA) is 128 Å². The van der Waals surface area contributed by atoms with Crippen LogP contribution in [0.2, 0.25) is 0 Å². The summed E-state index contributed by atoms with van der Waals surface area (Å²) in [5.41, 5.74) is 1.83. The minimum Gasteiger partial charge on any atom is -0.498 e. The molecule has 2 aromatic rings. The highest BCUT2D eigenvalue weighted by Crippen LogP contribution is 2.21. The second kappa shape index (κ2) is 8.86. The van der Waals surface area contributed by atoms with Crippen LogP contribution in [-0.4, -0.2) is 13.7 Å². The summed E-state index contributed by atoms with van der Waals surface area (Å²) in [6.07, 6.45) is 2.78. The first kappa shape index (κ1) is 20.2. The number of allylic oxidation sites excluding steroid dienone is 1. The molecule has 2 rings (SSSR count). The Morgan fingerprint density at radius 1 is 1.25 bits per heavy atom. The van der Waals surface area contributed by atoms with Crippen LogP contribution in [0.5, 0.6) is 5.75 Å². The van der Waals surface area contributed by atoms with Gasteiger partial charge in [0.2, 0.25) is 5.58 Å². The van der Waals surface area contributed by atoms with E-state index in [1.807, 2.05) is 42.8 Å². The molecule has 0 amide bonds. The Kier molecular flexibility index (Phi) is 7.46. The number of aromatic nitrogens is 1. The quantitative estimate of drug-likeness (QED) is 0.458. The van der Waals surface area contributed by atoms with Gasteiger partial charge in [-0.25, -0.2) is 18.6 Å². The van der Waals surface area contributed by atoms with E-state index in [0.717, 1.165) is 34.9 Å². The summed E-state index contributed by atoms with van der Waals surface area (Å²) in [7, 11) is -1.32. The van der Waals surface area contributed by atoms with E-state index in [4.69, 9.17) is 32.5 Å². The van der Waals surface area contributed by atoms with E-state index in [1.54, 1.807) is 7.11 Å². The van der Waals surface area contributed by atoms with Crippen LogP contribution in [0.1, 0.15) is 26.2 Å². The normalized spacial score (nSPS) is 11.9. The third-order valence-corrected chi connectivity index (χ3v) is 3.04. The van der Waals surface area contributed by atoms with E-state index in [2.05, 4.69) is 6.92 Å². The maximum atomic E-state index is 8.49. The molecule has 1 aromatic carbocycles. The number of methoxy groups -OCH3 is 1. The molecule has 0 aliphatic rings. The maximum absolute atomic E-state index is 8.49. The second-order valence-corrected chi connectivity index (χ2v) is 5.36. The van der Waals surface area contributed by atoms with Crippen LogP contribution >= 0.6 is 0 Å². The Morgan fingerprint density at radius 2 is 1.88 bits per heavy atom. The van der Waals surface area contributed by atoms with Crippen molar-refractivity contribution in [3.63, 3.8) is 0 Å². The third kappa shape index (κ3) is 6.34. The minimum absolute atomic E-state index is 0.664. The number of fused-ring (bicyclic) bond motifs is 1. The molecule has 1 aromatic heterocycles. The number of ether oxygens (including phenoxy) is 2. The van der Waals surface area contributed by atoms with E-state index in [9.17, 15) is 0 Å². The summed E-state index contributed by atoms with van der Waals surface area (Å²) in [6.45, 7) is 4.71. The molecule has 1 heterocycles. The number of hydrogen-bond acceptors (Lipinski definition) is 7. The van der Waals surface area contributed by atoms with Crippen molar-refractivity contribution in [3.8, 4) is 5.75 Å². The largest absolute Gasteiger partial charge is 0.498 e. The van der Waals surface area contributed by atoms with Gasteiger partial charge in [-0.2, -0.15) is 4.57 Å². The lowest BCUT2D eigenvalue weighted by atomic mass is 10.3. The molecule has 0 atom stereocenters. The average molecular weight is 362 g/mol. The lowest BCUT2D eigenvalue weighted by molar-refractivity contribution is -2.00. The fourth-order valence-electron chi connectivity index (χ4n) is 1.97. The van der Waals surface area contributed by atoms with Crippen LogP contribution in [0, 0.1) is 10.2 Å². The molecule has 0 unspecified atom stereocenters. The van der Waals surface area contributed by atoms with Gasteiger partial charge in [-0.15, -0.1) is 10.2 Å². The number of benzene rings is 1. The molecule has 0 aliphatic carbocycles. The van der Waals surface area contributed by atoms with Crippen LogP contribution in [0.4, 0.5) is 0 Å². The summed E-state index contributed by atoms with van der Waals surface area (Å²) in [5.74, 6) is 2.51. The van der Waals surface area contributed by atoms with E-state index in [1.165, 1.54) is 0 Å². The number of aryl methyl sites for hydroxylation is 1. The van der Waals surface area contributed by atoms with Gasteiger partial charge in [-0.3, -0.25) is 0 Å². The first-order valence-corrected chi connectivity index (χ1v) is 8.34. The number of oxazole rings is 1. The summed E-state index contributed by atoms with van der Waals surface area (Å²) in [4.78, 5) is 0. The van der Waals surface area contributed by atoms with Crippen LogP contribution in [0.15, 0.2) is 28.4 Å². The molecule has 0 radical (unpaired) electrons. The molecule has 0 saturated carbocycles. The molecule has 8 nitrogen and oxygen atoms in total. The van der Waals surface area contributed by atoms with Crippen molar-refractivity contribution >= 4 is 17.2 Å². The number of nitrogens with zero attached hydrogens (tertiary/aromatic N) is 1.